The van der Waals surface area contributed by atoms with Gasteiger partial charge in [-0.25, -0.2) is 0 Å². The van der Waals surface area contributed by atoms with E-state index in [4.69, 9.17) is 11.6 Å². The second kappa shape index (κ2) is 6.76. The molecule has 2 rings (SSSR count). The largest absolute Gasteiger partial charge is 0.325 e. The molecule has 0 bridgehead atoms. The Morgan fingerprint density at radius 3 is 3.00 bits per heavy atom. The molecule has 18 heavy (non-hydrogen) atoms. The Kier molecular flexibility index (Phi) is 5.02. The van der Waals surface area contributed by atoms with Crippen molar-refractivity contribution in [3.8, 4) is 0 Å². The molecule has 0 aliphatic carbocycles. The van der Waals surface area contributed by atoms with E-state index < -0.39 is 0 Å². The number of para-hydroxylation sites is 1. The lowest BCUT2D eigenvalue weighted by Gasteiger charge is -2.22. The minimum atomic E-state index is 0.0497. The highest BCUT2D eigenvalue weighted by molar-refractivity contribution is 6.33. The zero-order chi connectivity index (χ0) is 12.8. The Hall–Kier alpha value is -1.06. The number of hydrogen-bond acceptors (Lipinski definition) is 2. The molecule has 1 aromatic carbocycles. The molecule has 3 nitrogen and oxygen atoms in total. The van der Waals surface area contributed by atoms with E-state index in [-0.39, 0.29) is 5.91 Å². The number of piperidine rings is 1. The Bertz CT molecular complexity index is 403. The summed E-state index contributed by atoms with van der Waals surface area (Å²) in [7, 11) is 0. The zero-order valence-corrected chi connectivity index (χ0v) is 11.2. The van der Waals surface area contributed by atoms with Gasteiger partial charge in [0.05, 0.1) is 10.7 Å². The maximum Gasteiger partial charge on any atom is 0.224 e. The van der Waals surface area contributed by atoms with Gasteiger partial charge < -0.3 is 10.6 Å². The molecule has 1 fully saturated rings. The topological polar surface area (TPSA) is 41.1 Å². The van der Waals surface area contributed by atoms with Gasteiger partial charge in [0, 0.05) is 6.42 Å². The SMILES string of the molecule is O=C(CCC1CCCNC1)Nc1ccccc1Cl. The highest BCUT2D eigenvalue weighted by Gasteiger charge is 2.14. The van der Waals surface area contributed by atoms with Gasteiger partial charge in [-0.15, -0.1) is 0 Å². The molecule has 1 atom stereocenters. The van der Waals surface area contributed by atoms with E-state index in [1.807, 2.05) is 18.2 Å². The van der Waals surface area contributed by atoms with E-state index >= 15 is 0 Å². The highest BCUT2D eigenvalue weighted by atomic mass is 35.5. The Balaban J connectivity index is 1.76. The maximum atomic E-state index is 11.8. The Labute approximate surface area is 113 Å². The van der Waals surface area contributed by atoms with E-state index in [0.717, 1.165) is 19.5 Å². The molecular formula is C14H19ClN2O. The summed E-state index contributed by atoms with van der Waals surface area (Å²) in [5.41, 5.74) is 0.700. The first kappa shape index (κ1) is 13.4. The fourth-order valence-corrected chi connectivity index (χ4v) is 2.46. The van der Waals surface area contributed by atoms with Crippen molar-refractivity contribution in [2.75, 3.05) is 18.4 Å². The predicted molar refractivity (Wildman–Crippen MR) is 74.9 cm³/mol. The van der Waals surface area contributed by atoms with E-state index in [2.05, 4.69) is 10.6 Å². The number of carbonyl (C=O) groups excluding carboxylic acids is 1. The smallest absolute Gasteiger partial charge is 0.224 e. The number of nitrogens with one attached hydrogen (secondary N) is 2. The summed E-state index contributed by atoms with van der Waals surface area (Å²) < 4.78 is 0. The first-order chi connectivity index (χ1) is 8.75. The number of benzene rings is 1. The first-order valence-electron chi connectivity index (χ1n) is 6.51. The predicted octanol–water partition coefficient (Wildman–Crippen LogP) is 3.06. The molecule has 4 heteroatoms. The van der Waals surface area contributed by atoms with Gasteiger partial charge in [0.25, 0.3) is 0 Å². The molecular weight excluding hydrogens is 248 g/mol. The first-order valence-corrected chi connectivity index (χ1v) is 6.88. The van der Waals surface area contributed by atoms with E-state index in [1.165, 1.54) is 12.8 Å². The Morgan fingerprint density at radius 1 is 1.44 bits per heavy atom. The summed E-state index contributed by atoms with van der Waals surface area (Å²) >= 11 is 5.99. The summed E-state index contributed by atoms with van der Waals surface area (Å²) in [6.07, 6.45) is 3.96. The monoisotopic (exact) mass is 266 g/mol. The molecule has 0 radical (unpaired) electrons. The third-order valence-corrected chi connectivity index (χ3v) is 3.66. The van der Waals surface area contributed by atoms with Crippen molar-refractivity contribution < 1.29 is 4.79 Å². The van der Waals surface area contributed by atoms with E-state index in [1.54, 1.807) is 6.07 Å². The molecule has 1 unspecified atom stereocenters. The van der Waals surface area contributed by atoms with E-state index in [0.29, 0.717) is 23.0 Å². The molecule has 0 spiro atoms. The molecule has 1 amide bonds. The number of halogens is 1. The summed E-state index contributed by atoms with van der Waals surface area (Å²) in [5.74, 6) is 0.685. The lowest BCUT2D eigenvalue weighted by Crippen LogP contribution is -2.30. The van der Waals surface area contributed by atoms with Crippen LogP contribution in [0.15, 0.2) is 24.3 Å². The van der Waals surface area contributed by atoms with Gasteiger partial charge in [0.2, 0.25) is 5.91 Å². The van der Waals surface area contributed by atoms with E-state index in [9.17, 15) is 4.79 Å². The number of anilines is 1. The zero-order valence-electron chi connectivity index (χ0n) is 10.4. The van der Waals surface area contributed by atoms with Gasteiger partial charge in [0.15, 0.2) is 0 Å². The molecule has 0 aromatic heterocycles. The van der Waals surface area contributed by atoms with Gasteiger partial charge in [-0.05, 0) is 50.4 Å². The summed E-state index contributed by atoms with van der Waals surface area (Å²) in [6, 6.07) is 7.32. The fourth-order valence-electron chi connectivity index (χ4n) is 2.28. The third-order valence-electron chi connectivity index (χ3n) is 3.33. The minimum Gasteiger partial charge on any atom is -0.325 e. The van der Waals surface area contributed by atoms with Crippen molar-refractivity contribution in [1.82, 2.24) is 5.32 Å². The molecule has 1 aliphatic rings. The molecule has 98 valence electrons. The van der Waals surface area contributed by atoms with Crippen LogP contribution in [0.2, 0.25) is 5.02 Å². The van der Waals surface area contributed by atoms with Crippen molar-refractivity contribution in [1.29, 1.82) is 0 Å². The van der Waals surface area contributed by atoms with Crippen LogP contribution in [-0.2, 0) is 4.79 Å². The van der Waals surface area contributed by atoms with Gasteiger partial charge in [-0.1, -0.05) is 23.7 Å². The van der Waals surface area contributed by atoms with Crippen LogP contribution in [0.5, 0.6) is 0 Å². The van der Waals surface area contributed by atoms with Crippen LogP contribution in [0.1, 0.15) is 25.7 Å². The van der Waals surface area contributed by atoms with Crippen molar-refractivity contribution in [2.24, 2.45) is 5.92 Å². The summed E-state index contributed by atoms with van der Waals surface area (Å²) in [4.78, 5) is 11.8. The second-order valence-electron chi connectivity index (χ2n) is 4.78. The van der Waals surface area contributed by atoms with Crippen molar-refractivity contribution in [3.63, 3.8) is 0 Å². The minimum absolute atomic E-state index is 0.0497. The van der Waals surface area contributed by atoms with Gasteiger partial charge in [-0.2, -0.15) is 0 Å². The quantitative estimate of drug-likeness (QED) is 0.879. The van der Waals surface area contributed by atoms with Crippen LogP contribution in [0.3, 0.4) is 0 Å². The number of rotatable bonds is 4. The van der Waals surface area contributed by atoms with Gasteiger partial charge in [-0.3, -0.25) is 4.79 Å². The summed E-state index contributed by atoms with van der Waals surface area (Å²) in [5, 5.41) is 6.81. The highest BCUT2D eigenvalue weighted by Crippen LogP contribution is 2.21. The normalized spacial score (nSPS) is 19.5. The van der Waals surface area contributed by atoms with Crippen LogP contribution in [0.25, 0.3) is 0 Å². The van der Waals surface area contributed by atoms with Crippen LogP contribution in [0.4, 0.5) is 5.69 Å². The van der Waals surface area contributed by atoms with Crippen molar-refractivity contribution >= 4 is 23.2 Å². The third kappa shape index (κ3) is 4.00. The second-order valence-corrected chi connectivity index (χ2v) is 5.19. The lowest BCUT2D eigenvalue weighted by molar-refractivity contribution is -0.116. The Morgan fingerprint density at radius 2 is 2.28 bits per heavy atom. The molecule has 1 aromatic rings. The molecule has 0 saturated carbocycles. The summed E-state index contributed by atoms with van der Waals surface area (Å²) in [6.45, 7) is 2.15. The maximum absolute atomic E-state index is 11.8. The van der Waals surface area contributed by atoms with Gasteiger partial charge in [0.1, 0.15) is 0 Å². The van der Waals surface area contributed by atoms with Crippen molar-refractivity contribution in [2.45, 2.75) is 25.7 Å². The standard InChI is InChI=1S/C14H19ClN2O/c15-12-5-1-2-6-13(12)17-14(18)8-7-11-4-3-9-16-10-11/h1-2,5-6,11,16H,3-4,7-10H2,(H,17,18). The number of hydrogen-bond donors (Lipinski definition) is 2. The van der Waals surface area contributed by atoms with Gasteiger partial charge >= 0.3 is 0 Å². The number of carbonyl (C=O) groups is 1. The molecule has 1 aliphatic heterocycles. The average Bonchev–Trinajstić information content (AvgIpc) is 2.40. The number of amides is 1. The van der Waals surface area contributed by atoms with Crippen molar-refractivity contribution in [3.05, 3.63) is 29.3 Å². The molecule has 1 saturated heterocycles. The lowest BCUT2D eigenvalue weighted by atomic mass is 9.94. The average molecular weight is 267 g/mol. The van der Waals surface area contributed by atoms with Crippen LogP contribution in [0, 0.1) is 5.92 Å². The molecule has 1 heterocycles. The fraction of sp³-hybridized carbons (Fsp3) is 0.500. The van der Waals surface area contributed by atoms with Crippen LogP contribution in [-0.4, -0.2) is 19.0 Å². The van der Waals surface area contributed by atoms with Crippen LogP contribution >= 0.6 is 11.6 Å². The molecule has 2 N–H and O–H groups in total. The van der Waals surface area contributed by atoms with Crippen LogP contribution < -0.4 is 10.6 Å².